The molecule has 1 aromatic heterocycles. The van der Waals surface area contributed by atoms with Crippen molar-refractivity contribution in [1.82, 2.24) is 9.97 Å². The molecule has 0 unspecified atom stereocenters. The van der Waals surface area contributed by atoms with Gasteiger partial charge in [0.2, 0.25) is 0 Å². The number of halogens is 1. The second kappa shape index (κ2) is 8.39. The number of nitrogens with zero attached hydrogens (tertiary/aromatic N) is 3. The zero-order valence-electron chi connectivity index (χ0n) is 10.9. The summed E-state index contributed by atoms with van der Waals surface area (Å²) in [5, 5.41) is 9.10. The third-order valence-electron chi connectivity index (χ3n) is 2.46. The molecule has 0 saturated heterocycles. The lowest BCUT2D eigenvalue weighted by Crippen LogP contribution is -2.31. The first-order valence-corrected chi connectivity index (χ1v) is 6.88. The van der Waals surface area contributed by atoms with Gasteiger partial charge in [-0.2, -0.15) is 0 Å². The molecule has 1 aromatic rings. The number of rotatable bonds is 8. The molecule has 0 aliphatic heterocycles. The van der Waals surface area contributed by atoms with E-state index < -0.39 is 0 Å². The molecule has 0 fully saturated rings. The fourth-order valence-corrected chi connectivity index (χ4v) is 2.02. The summed E-state index contributed by atoms with van der Waals surface area (Å²) < 4.78 is 5.84. The molecular formula is C12H20BrN3O2. The van der Waals surface area contributed by atoms with Gasteiger partial charge in [-0.05, 0) is 22.4 Å². The minimum absolute atomic E-state index is 0.0917. The van der Waals surface area contributed by atoms with Crippen LogP contribution in [-0.4, -0.2) is 48.5 Å². The van der Waals surface area contributed by atoms with Crippen LogP contribution in [-0.2, 0) is 11.2 Å². The molecule has 0 radical (unpaired) electrons. The fourth-order valence-electron chi connectivity index (χ4n) is 1.61. The highest BCUT2D eigenvalue weighted by Crippen LogP contribution is 2.17. The van der Waals surface area contributed by atoms with Crippen LogP contribution in [0.3, 0.4) is 0 Å². The van der Waals surface area contributed by atoms with Crippen molar-refractivity contribution >= 4 is 21.7 Å². The van der Waals surface area contributed by atoms with Gasteiger partial charge in [-0.15, -0.1) is 0 Å². The second-order valence-corrected chi connectivity index (χ2v) is 4.73. The van der Waals surface area contributed by atoms with E-state index in [-0.39, 0.29) is 6.61 Å². The first kappa shape index (κ1) is 15.3. The van der Waals surface area contributed by atoms with Crippen molar-refractivity contribution in [3.8, 4) is 0 Å². The highest BCUT2D eigenvalue weighted by Gasteiger charge is 2.10. The lowest BCUT2D eigenvalue weighted by Gasteiger charge is -2.22. The molecule has 0 saturated carbocycles. The number of aryl methyl sites for hydroxylation is 1. The number of methoxy groups -OCH3 is 1. The zero-order valence-corrected chi connectivity index (χ0v) is 12.5. The smallest absolute Gasteiger partial charge is 0.133 e. The van der Waals surface area contributed by atoms with Crippen LogP contribution in [0, 0.1) is 0 Å². The summed E-state index contributed by atoms with van der Waals surface area (Å²) >= 11 is 3.40. The van der Waals surface area contributed by atoms with Crippen molar-refractivity contribution in [2.24, 2.45) is 0 Å². The molecule has 1 rings (SSSR count). The molecule has 1 heterocycles. The Labute approximate surface area is 116 Å². The van der Waals surface area contributed by atoms with E-state index in [9.17, 15) is 0 Å². The molecule has 6 heteroatoms. The summed E-state index contributed by atoms with van der Waals surface area (Å²) in [5.74, 6) is 1.65. The molecular weight excluding hydrogens is 298 g/mol. The average molecular weight is 318 g/mol. The van der Waals surface area contributed by atoms with Gasteiger partial charge in [0.15, 0.2) is 0 Å². The average Bonchev–Trinajstić information content (AvgIpc) is 2.34. The highest BCUT2D eigenvalue weighted by molar-refractivity contribution is 9.10. The van der Waals surface area contributed by atoms with E-state index in [1.165, 1.54) is 0 Å². The Kier molecular flexibility index (Phi) is 7.15. The molecule has 0 aliphatic rings. The van der Waals surface area contributed by atoms with Crippen LogP contribution in [0.5, 0.6) is 0 Å². The summed E-state index contributed by atoms with van der Waals surface area (Å²) in [5.41, 5.74) is 0. The monoisotopic (exact) mass is 317 g/mol. The lowest BCUT2D eigenvalue weighted by atomic mass is 10.3. The summed E-state index contributed by atoms with van der Waals surface area (Å²) in [6, 6.07) is 1.87. The third-order valence-corrected chi connectivity index (χ3v) is 2.87. The van der Waals surface area contributed by atoms with E-state index in [2.05, 4.69) is 32.8 Å². The topological polar surface area (TPSA) is 58.5 Å². The number of anilines is 1. The van der Waals surface area contributed by atoms with E-state index in [1.54, 1.807) is 7.11 Å². The van der Waals surface area contributed by atoms with Gasteiger partial charge >= 0.3 is 0 Å². The van der Waals surface area contributed by atoms with Crippen molar-refractivity contribution in [1.29, 1.82) is 0 Å². The van der Waals surface area contributed by atoms with Crippen LogP contribution in [0.25, 0.3) is 0 Å². The Bertz CT molecular complexity index is 363. The number of hydrogen-bond donors (Lipinski definition) is 1. The predicted molar refractivity (Wildman–Crippen MR) is 74.9 cm³/mol. The Morgan fingerprint density at radius 1 is 1.39 bits per heavy atom. The van der Waals surface area contributed by atoms with Crippen LogP contribution in [0.4, 0.5) is 5.82 Å². The highest BCUT2D eigenvalue weighted by atomic mass is 79.9. The van der Waals surface area contributed by atoms with Crippen LogP contribution in [0.2, 0.25) is 0 Å². The molecule has 0 aliphatic carbocycles. The minimum Gasteiger partial charge on any atom is -0.395 e. The molecule has 0 spiro atoms. The molecule has 0 amide bonds. The lowest BCUT2D eigenvalue weighted by molar-refractivity contribution is 0.202. The van der Waals surface area contributed by atoms with Gasteiger partial charge in [0.1, 0.15) is 16.2 Å². The standard InChI is InChI=1S/C12H20BrN3O2/c1-3-4-11-14-10(13)9-12(15-11)16(5-7-17)6-8-18-2/h9,17H,3-8H2,1-2H3. The first-order chi connectivity index (χ1) is 8.71. The predicted octanol–water partition coefficient (Wildman–Crippen LogP) is 1.64. The maximum atomic E-state index is 9.10. The number of ether oxygens (including phenoxy) is 1. The van der Waals surface area contributed by atoms with Crippen molar-refractivity contribution in [3.63, 3.8) is 0 Å². The Morgan fingerprint density at radius 3 is 2.78 bits per heavy atom. The van der Waals surface area contributed by atoms with Crippen molar-refractivity contribution in [2.45, 2.75) is 19.8 Å². The van der Waals surface area contributed by atoms with Gasteiger partial charge in [-0.25, -0.2) is 9.97 Å². The van der Waals surface area contributed by atoms with Crippen LogP contribution in [0.15, 0.2) is 10.7 Å². The number of aliphatic hydroxyl groups is 1. The molecule has 0 atom stereocenters. The second-order valence-electron chi connectivity index (χ2n) is 3.92. The van der Waals surface area contributed by atoms with Gasteiger partial charge in [0.25, 0.3) is 0 Å². The molecule has 0 aromatic carbocycles. The summed E-state index contributed by atoms with van der Waals surface area (Å²) in [4.78, 5) is 10.8. The van der Waals surface area contributed by atoms with Gasteiger partial charge in [0, 0.05) is 32.7 Å². The molecule has 5 nitrogen and oxygen atoms in total. The summed E-state index contributed by atoms with van der Waals surface area (Å²) in [7, 11) is 1.66. The minimum atomic E-state index is 0.0917. The van der Waals surface area contributed by atoms with E-state index >= 15 is 0 Å². The van der Waals surface area contributed by atoms with Gasteiger partial charge in [-0.1, -0.05) is 6.92 Å². The van der Waals surface area contributed by atoms with E-state index in [0.717, 1.165) is 29.1 Å². The van der Waals surface area contributed by atoms with Gasteiger partial charge < -0.3 is 14.7 Å². The number of hydrogen-bond acceptors (Lipinski definition) is 5. The van der Waals surface area contributed by atoms with E-state index in [4.69, 9.17) is 9.84 Å². The maximum Gasteiger partial charge on any atom is 0.133 e. The van der Waals surface area contributed by atoms with Crippen molar-refractivity contribution in [2.75, 3.05) is 38.3 Å². The Hall–Kier alpha value is -0.720. The van der Waals surface area contributed by atoms with Crippen molar-refractivity contribution in [3.05, 3.63) is 16.5 Å². The molecule has 102 valence electrons. The summed E-state index contributed by atoms with van der Waals surface area (Å²) in [6.45, 7) is 4.03. The van der Waals surface area contributed by atoms with Gasteiger partial charge in [0.05, 0.1) is 13.2 Å². The summed E-state index contributed by atoms with van der Waals surface area (Å²) in [6.07, 6.45) is 1.86. The third kappa shape index (κ3) is 4.88. The van der Waals surface area contributed by atoms with Crippen LogP contribution in [0.1, 0.15) is 19.2 Å². The molecule has 1 N–H and O–H groups in total. The number of aromatic nitrogens is 2. The maximum absolute atomic E-state index is 9.10. The first-order valence-electron chi connectivity index (χ1n) is 6.09. The van der Waals surface area contributed by atoms with E-state index in [1.807, 2.05) is 11.0 Å². The van der Waals surface area contributed by atoms with Crippen LogP contribution >= 0.6 is 15.9 Å². The SMILES string of the molecule is CCCc1nc(Br)cc(N(CCO)CCOC)n1. The zero-order chi connectivity index (χ0) is 13.4. The normalized spacial score (nSPS) is 10.7. The molecule has 18 heavy (non-hydrogen) atoms. The van der Waals surface area contributed by atoms with Crippen LogP contribution < -0.4 is 4.90 Å². The molecule has 0 bridgehead atoms. The fraction of sp³-hybridized carbons (Fsp3) is 0.667. The quantitative estimate of drug-likeness (QED) is 0.739. The Morgan fingerprint density at radius 2 is 2.17 bits per heavy atom. The van der Waals surface area contributed by atoms with Gasteiger partial charge in [-0.3, -0.25) is 0 Å². The Balaban J connectivity index is 2.87. The largest absolute Gasteiger partial charge is 0.395 e. The van der Waals surface area contributed by atoms with E-state index in [0.29, 0.717) is 19.7 Å². The van der Waals surface area contributed by atoms with Crippen molar-refractivity contribution < 1.29 is 9.84 Å². The number of aliphatic hydroxyl groups excluding tert-OH is 1.